The van der Waals surface area contributed by atoms with Crippen LogP contribution >= 0.6 is 23.2 Å². The zero-order valence-corrected chi connectivity index (χ0v) is 12.0. The summed E-state index contributed by atoms with van der Waals surface area (Å²) >= 11 is 12.2. The Hall–Kier alpha value is -1.51. The van der Waals surface area contributed by atoms with E-state index in [-0.39, 0.29) is 15.8 Å². The lowest BCUT2D eigenvalue weighted by Gasteiger charge is -2.10. The molecule has 0 N–H and O–H groups in total. The van der Waals surface area contributed by atoms with E-state index in [2.05, 4.69) is 0 Å². The second-order valence-electron chi connectivity index (χ2n) is 4.09. The van der Waals surface area contributed by atoms with Crippen LogP contribution in [0.4, 0.5) is 0 Å². The summed E-state index contributed by atoms with van der Waals surface area (Å²) in [5.74, 6) is 0.306. The van der Waals surface area contributed by atoms with E-state index in [1.54, 1.807) is 18.2 Å². The van der Waals surface area contributed by atoms with Gasteiger partial charge in [0.2, 0.25) is 0 Å². The Kier molecular flexibility index (Phi) is 4.13. The summed E-state index contributed by atoms with van der Waals surface area (Å²) in [6.45, 7) is 1.88. The molecule has 0 aliphatic heterocycles. The first-order valence-corrected chi connectivity index (χ1v) is 6.44. The molecule has 0 bridgehead atoms. The van der Waals surface area contributed by atoms with Gasteiger partial charge in [0.15, 0.2) is 5.78 Å². The predicted octanol–water partition coefficient (Wildman–Crippen LogP) is 4.54. The number of carbonyl (C=O) groups excluding carboxylic acids is 1. The summed E-state index contributed by atoms with van der Waals surface area (Å²) in [5.41, 5.74) is 1.89. The molecule has 0 aliphatic carbocycles. The highest BCUT2D eigenvalue weighted by Crippen LogP contribution is 2.35. The summed E-state index contributed by atoms with van der Waals surface area (Å²) in [5, 5.41) is 0.470. The second kappa shape index (κ2) is 5.64. The number of rotatable bonds is 3. The van der Waals surface area contributed by atoms with Gasteiger partial charge in [-0.1, -0.05) is 47.5 Å². The minimum Gasteiger partial charge on any atom is -0.495 e. The number of carbonyl (C=O) groups is 1. The quantitative estimate of drug-likeness (QED) is 0.777. The molecule has 0 aromatic heterocycles. The molecule has 2 nitrogen and oxygen atoms in total. The molecule has 0 saturated carbocycles. The maximum atomic E-state index is 12.5. The molecule has 0 heterocycles. The third kappa shape index (κ3) is 2.60. The smallest absolute Gasteiger partial charge is 0.194 e. The molecule has 0 spiro atoms. The average molecular weight is 295 g/mol. The molecular formula is C15H12Cl2O2. The summed E-state index contributed by atoms with van der Waals surface area (Å²) in [6, 6.07) is 10.6. The first-order chi connectivity index (χ1) is 9.06. The predicted molar refractivity (Wildman–Crippen MR) is 77.6 cm³/mol. The molecule has 0 saturated heterocycles. The van der Waals surface area contributed by atoms with Gasteiger partial charge in [-0.05, 0) is 24.6 Å². The van der Waals surface area contributed by atoms with Crippen molar-refractivity contribution in [3.05, 3.63) is 63.1 Å². The Morgan fingerprint density at radius 2 is 1.68 bits per heavy atom. The van der Waals surface area contributed by atoms with Gasteiger partial charge in [0.1, 0.15) is 10.8 Å². The lowest BCUT2D eigenvalue weighted by atomic mass is 9.99. The number of aryl methyl sites for hydroxylation is 1. The molecule has 2 aromatic carbocycles. The zero-order chi connectivity index (χ0) is 14.0. The summed E-state index contributed by atoms with van der Waals surface area (Å²) < 4.78 is 5.06. The van der Waals surface area contributed by atoms with Crippen molar-refractivity contribution < 1.29 is 9.53 Å². The van der Waals surface area contributed by atoms with Crippen molar-refractivity contribution in [1.29, 1.82) is 0 Å². The third-order valence-electron chi connectivity index (χ3n) is 2.90. The van der Waals surface area contributed by atoms with Gasteiger partial charge in [0.25, 0.3) is 0 Å². The molecule has 4 heteroatoms. The van der Waals surface area contributed by atoms with E-state index < -0.39 is 0 Å². The van der Waals surface area contributed by atoms with Gasteiger partial charge in [-0.3, -0.25) is 4.79 Å². The number of methoxy groups -OCH3 is 1. The Balaban J connectivity index is 2.52. The van der Waals surface area contributed by atoms with E-state index in [0.717, 1.165) is 5.56 Å². The number of benzene rings is 2. The lowest BCUT2D eigenvalue weighted by Crippen LogP contribution is -2.05. The van der Waals surface area contributed by atoms with Gasteiger partial charge in [0, 0.05) is 11.1 Å². The number of hydrogen-bond donors (Lipinski definition) is 0. The topological polar surface area (TPSA) is 26.3 Å². The Morgan fingerprint density at radius 1 is 1.00 bits per heavy atom. The molecular weight excluding hydrogens is 283 g/mol. The molecule has 2 aromatic rings. The highest BCUT2D eigenvalue weighted by molar-refractivity contribution is 6.45. The largest absolute Gasteiger partial charge is 0.495 e. The minimum absolute atomic E-state index is 0.146. The highest BCUT2D eigenvalue weighted by atomic mass is 35.5. The fourth-order valence-electron chi connectivity index (χ4n) is 1.84. The first-order valence-electron chi connectivity index (χ1n) is 5.68. The van der Waals surface area contributed by atoms with Crippen LogP contribution in [-0.4, -0.2) is 12.9 Å². The molecule has 0 fully saturated rings. The third-order valence-corrected chi connectivity index (χ3v) is 3.77. The fraction of sp³-hybridized carbons (Fsp3) is 0.133. The van der Waals surface area contributed by atoms with E-state index >= 15 is 0 Å². The normalized spacial score (nSPS) is 10.3. The summed E-state index contributed by atoms with van der Waals surface area (Å²) in [7, 11) is 1.50. The van der Waals surface area contributed by atoms with Crippen LogP contribution in [0.5, 0.6) is 5.75 Å². The summed E-state index contributed by atoms with van der Waals surface area (Å²) in [4.78, 5) is 12.5. The Labute approximate surface area is 121 Å². The maximum absolute atomic E-state index is 12.5. The fourth-order valence-corrected chi connectivity index (χ4v) is 2.32. The van der Waals surface area contributed by atoms with Crippen molar-refractivity contribution in [2.75, 3.05) is 7.11 Å². The monoisotopic (exact) mass is 294 g/mol. The van der Waals surface area contributed by atoms with Crippen LogP contribution in [0.15, 0.2) is 36.4 Å². The van der Waals surface area contributed by atoms with Gasteiger partial charge in [-0.25, -0.2) is 0 Å². The van der Waals surface area contributed by atoms with Gasteiger partial charge in [-0.15, -0.1) is 0 Å². The number of ether oxygens (including phenoxy) is 1. The van der Waals surface area contributed by atoms with Crippen molar-refractivity contribution in [3.8, 4) is 5.75 Å². The van der Waals surface area contributed by atoms with Crippen molar-refractivity contribution in [1.82, 2.24) is 0 Å². The van der Waals surface area contributed by atoms with Crippen molar-refractivity contribution in [3.63, 3.8) is 0 Å². The van der Waals surface area contributed by atoms with Crippen LogP contribution in [0.25, 0.3) is 0 Å². The van der Waals surface area contributed by atoms with E-state index in [1.165, 1.54) is 7.11 Å². The molecule has 0 atom stereocenters. The number of ketones is 1. The standard InChI is InChI=1S/C15H12Cl2O2/c1-9-5-3-4-6-10(9)15(18)11-7-8-12(19-2)14(17)13(11)16/h3-8H,1-2H3. The van der Waals surface area contributed by atoms with Crippen LogP contribution in [0.3, 0.4) is 0 Å². The molecule has 0 aliphatic rings. The first kappa shape index (κ1) is 13.9. The van der Waals surface area contributed by atoms with Crippen LogP contribution in [0.1, 0.15) is 21.5 Å². The van der Waals surface area contributed by atoms with E-state index in [4.69, 9.17) is 27.9 Å². The van der Waals surface area contributed by atoms with Crippen LogP contribution in [0.2, 0.25) is 10.0 Å². The van der Waals surface area contributed by atoms with Crippen molar-refractivity contribution in [2.45, 2.75) is 6.92 Å². The van der Waals surface area contributed by atoms with Crippen LogP contribution in [-0.2, 0) is 0 Å². The molecule has 98 valence electrons. The molecule has 0 unspecified atom stereocenters. The van der Waals surface area contributed by atoms with E-state index in [1.807, 2.05) is 25.1 Å². The number of hydrogen-bond acceptors (Lipinski definition) is 2. The van der Waals surface area contributed by atoms with Crippen LogP contribution < -0.4 is 4.74 Å². The summed E-state index contributed by atoms with van der Waals surface area (Å²) in [6.07, 6.45) is 0. The maximum Gasteiger partial charge on any atom is 0.194 e. The van der Waals surface area contributed by atoms with Gasteiger partial charge in [-0.2, -0.15) is 0 Å². The second-order valence-corrected chi connectivity index (χ2v) is 4.84. The minimum atomic E-state index is -0.146. The zero-order valence-electron chi connectivity index (χ0n) is 10.5. The number of halogens is 2. The lowest BCUT2D eigenvalue weighted by molar-refractivity contribution is 0.103. The van der Waals surface area contributed by atoms with E-state index in [9.17, 15) is 4.79 Å². The van der Waals surface area contributed by atoms with E-state index in [0.29, 0.717) is 16.9 Å². The van der Waals surface area contributed by atoms with Gasteiger partial charge in [0.05, 0.1) is 12.1 Å². The molecule has 0 radical (unpaired) electrons. The van der Waals surface area contributed by atoms with Gasteiger partial charge < -0.3 is 4.74 Å². The van der Waals surface area contributed by atoms with Crippen LogP contribution in [0, 0.1) is 6.92 Å². The molecule has 19 heavy (non-hydrogen) atoms. The average Bonchev–Trinajstić information content (AvgIpc) is 2.41. The van der Waals surface area contributed by atoms with Crippen molar-refractivity contribution >= 4 is 29.0 Å². The highest BCUT2D eigenvalue weighted by Gasteiger charge is 2.18. The molecule has 0 amide bonds. The Morgan fingerprint density at radius 3 is 2.32 bits per heavy atom. The van der Waals surface area contributed by atoms with Gasteiger partial charge >= 0.3 is 0 Å². The molecule has 2 rings (SSSR count). The Bertz CT molecular complexity index is 636. The SMILES string of the molecule is COc1ccc(C(=O)c2ccccc2C)c(Cl)c1Cl. The van der Waals surface area contributed by atoms with Crippen molar-refractivity contribution in [2.24, 2.45) is 0 Å².